The monoisotopic (exact) mass is 412 g/mol. The Labute approximate surface area is 160 Å². The van der Waals surface area contributed by atoms with Gasteiger partial charge in [0.1, 0.15) is 0 Å². The average Bonchev–Trinajstić information content (AvgIpc) is 3.16. The molecule has 1 aliphatic rings. The number of aromatic nitrogens is 2. The number of nitrogens with one attached hydrogen (secondary N) is 2. The fourth-order valence-corrected chi connectivity index (χ4v) is 5.87. The van der Waals surface area contributed by atoms with E-state index in [4.69, 9.17) is 0 Å². The Kier molecular flexibility index (Phi) is 5.83. The maximum Gasteiger partial charge on any atom is 0.230 e. The van der Waals surface area contributed by atoms with Crippen molar-refractivity contribution in [1.29, 1.82) is 0 Å². The number of amides is 1. The minimum Gasteiger partial charge on any atom is -0.352 e. The predicted molar refractivity (Wildman–Crippen MR) is 105 cm³/mol. The van der Waals surface area contributed by atoms with Crippen molar-refractivity contribution in [2.24, 2.45) is 0 Å². The maximum atomic E-state index is 12.0. The summed E-state index contributed by atoms with van der Waals surface area (Å²) in [7, 11) is -2.99. The molecule has 0 spiro atoms. The lowest BCUT2D eigenvalue weighted by Crippen LogP contribution is -2.36. The van der Waals surface area contributed by atoms with Gasteiger partial charge in [0.05, 0.1) is 17.3 Å². The molecule has 1 atom stereocenters. The van der Waals surface area contributed by atoms with Crippen LogP contribution in [0.25, 0.3) is 0 Å². The summed E-state index contributed by atoms with van der Waals surface area (Å²) in [6, 6.07) is 5.74. The van der Waals surface area contributed by atoms with Crippen LogP contribution in [0.3, 0.4) is 0 Å². The molecule has 2 aromatic rings. The first kappa shape index (κ1) is 19.1. The third-order valence-corrected chi connectivity index (χ3v) is 7.92. The second kappa shape index (κ2) is 7.93. The van der Waals surface area contributed by atoms with Crippen LogP contribution in [0.15, 0.2) is 22.5 Å². The number of thioether (sulfide) groups is 1. The fourth-order valence-electron chi connectivity index (χ4n) is 2.63. The van der Waals surface area contributed by atoms with E-state index in [1.165, 1.54) is 28.7 Å². The van der Waals surface area contributed by atoms with Crippen molar-refractivity contribution in [3.63, 3.8) is 0 Å². The Hall–Kier alpha value is -1.65. The van der Waals surface area contributed by atoms with Crippen LogP contribution in [-0.4, -0.2) is 47.8 Å². The lowest BCUT2D eigenvalue weighted by Gasteiger charge is -2.09. The summed E-state index contributed by atoms with van der Waals surface area (Å²) in [5.74, 6) is 0.187. The van der Waals surface area contributed by atoms with Gasteiger partial charge in [-0.25, -0.2) is 8.42 Å². The highest BCUT2D eigenvalue weighted by atomic mass is 32.2. The van der Waals surface area contributed by atoms with E-state index in [0.29, 0.717) is 15.9 Å². The Morgan fingerprint density at radius 1 is 1.35 bits per heavy atom. The zero-order chi connectivity index (χ0) is 18.7. The van der Waals surface area contributed by atoms with Gasteiger partial charge < -0.3 is 10.6 Å². The molecule has 1 amide bonds. The third-order valence-electron chi connectivity index (χ3n) is 4.18. The SMILES string of the molecule is Cc1cccc(Nc2nnc(SCC(=O)NC3CCS(=O)(=O)C3)s2)c1C. The van der Waals surface area contributed by atoms with E-state index < -0.39 is 9.84 Å². The quantitative estimate of drug-likeness (QED) is 0.702. The molecule has 2 N–H and O–H groups in total. The van der Waals surface area contributed by atoms with E-state index in [9.17, 15) is 13.2 Å². The molecule has 1 saturated heterocycles. The standard InChI is InChI=1S/C16H20N4O3S3/c1-10-4-3-5-13(11(10)2)18-15-19-20-16(25-15)24-8-14(21)17-12-6-7-26(22,23)9-12/h3-5,12H,6-9H2,1-2H3,(H,17,21)(H,18,19). The molecule has 0 bridgehead atoms. The smallest absolute Gasteiger partial charge is 0.230 e. The van der Waals surface area contributed by atoms with Crippen molar-refractivity contribution in [3.05, 3.63) is 29.3 Å². The van der Waals surface area contributed by atoms with Crippen molar-refractivity contribution in [3.8, 4) is 0 Å². The largest absolute Gasteiger partial charge is 0.352 e. The number of rotatable bonds is 6. The highest BCUT2D eigenvalue weighted by Crippen LogP contribution is 2.29. The van der Waals surface area contributed by atoms with Crippen LogP contribution in [0, 0.1) is 13.8 Å². The zero-order valence-corrected chi connectivity index (χ0v) is 16.9. The molecular weight excluding hydrogens is 392 g/mol. The number of hydrogen-bond acceptors (Lipinski definition) is 8. The van der Waals surface area contributed by atoms with Crippen molar-refractivity contribution < 1.29 is 13.2 Å². The number of carbonyl (C=O) groups is 1. The van der Waals surface area contributed by atoms with Gasteiger partial charge >= 0.3 is 0 Å². The van der Waals surface area contributed by atoms with Gasteiger partial charge in [-0.15, -0.1) is 10.2 Å². The van der Waals surface area contributed by atoms with E-state index in [2.05, 4.69) is 33.8 Å². The van der Waals surface area contributed by atoms with Crippen molar-refractivity contribution in [2.75, 3.05) is 22.6 Å². The molecule has 1 aliphatic heterocycles. The Morgan fingerprint density at radius 2 is 2.15 bits per heavy atom. The number of carbonyl (C=O) groups excluding carboxylic acids is 1. The predicted octanol–water partition coefficient (Wildman–Crippen LogP) is 2.29. The molecule has 140 valence electrons. The molecule has 10 heteroatoms. The van der Waals surface area contributed by atoms with Gasteiger partial charge in [-0.05, 0) is 37.5 Å². The number of nitrogens with zero attached hydrogens (tertiary/aromatic N) is 2. The highest BCUT2D eigenvalue weighted by Gasteiger charge is 2.28. The molecule has 0 saturated carbocycles. The van der Waals surface area contributed by atoms with Crippen LogP contribution >= 0.6 is 23.1 Å². The summed E-state index contributed by atoms with van der Waals surface area (Å²) in [4.78, 5) is 12.0. The summed E-state index contributed by atoms with van der Waals surface area (Å²) >= 11 is 2.67. The Balaban J connectivity index is 1.51. The van der Waals surface area contributed by atoms with Gasteiger partial charge in [0, 0.05) is 11.7 Å². The molecule has 1 aromatic carbocycles. The molecule has 0 radical (unpaired) electrons. The Morgan fingerprint density at radius 3 is 2.88 bits per heavy atom. The normalized spacial score (nSPS) is 18.6. The molecule has 3 rings (SSSR count). The van der Waals surface area contributed by atoms with Crippen LogP contribution in [0.4, 0.5) is 10.8 Å². The summed E-state index contributed by atoms with van der Waals surface area (Å²) in [6.07, 6.45) is 0.488. The van der Waals surface area contributed by atoms with E-state index >= 15 is 0 Å². The number of hydrogen-bond donors (Lipinski definition) is 2. The summed E-state index contributed by atoms with van der Waals surface area (Å²) in [6.45, 7) is 4.10. The van der Waals surface area contributed by atoms with Gasteiger partial charge in [0.15, 0.2) is 14.2 Å². The van der Waals surface area contributed by atoms with Crippen LogP contribution in [-0.2, 0) is 14.6 Å². The van der Waals surface area contributed by atoms with E-state index in [0.717, 1.165) is 11.3 Å². The van der Waals surface area contributed by atoms with Crippen molar-refractivity contribution in [1.82, 2.24) is 15.5 Å². The van der Waals surface area contributed by atoms with Crippen LogP contribution in [0.2, 0.25) is 0 Å². The molecule has 2 heterocycles. The van der Waals surface area contributed by atoms with Gasteiger partial charge in [0.25, 0.3) is 0 Å². The molecule has 7 nitrogen and oxygen atoms in total. The lowest BCUT2D eigenvalue weighted by molar-refractivity contribution is -0.119. The van der Waals surface area contributed by atoms with Gasteiger partial charge in [-0.2, -0.15) is 0 Å². The number of aryl methyl sites for hydroxylation is 1. The second-order valence-corrected chi connectivity index (χ2v) is 10.6. The first-order valence-electron chi connectivity index (χ1n) is 8.12. The van der Waals surface area contributed by atoms with Gasteiger partial charge in [-0.3, -0.25) is 4.79 Å². The number of sulfone groups is 1. The van der Waals surface area contributed by atoms with Crippen LogP contribution in [0.1, 0.15) is 17.5 Å². The van der Waals surface area contributed by atoms with Crippen LogP contribution in [0.5, 0.6) is 0 Å². The van der Waals surface area contributed by atoms with Gasteiger partial charge in [-0.1, -0.05) is 35.2 Å². The molecular formula is C16H20N4O3S3. The third kappa shape index (κ3) is 4.95. The number of benzene rings is 1. The molecule has 1 fully saturated rings. The molecule has 26 heavy (non-hydrogen) atoms. The summed E-state index contributed by atoms with van der Waals surface area (Å²) in [5, 5.41) is 14.9. The topological polar surface area (TPSA) is 101 Å². The fraction of sp³-hybridized carbons (Fsp3) is 0.438. The first-order valence-corrected chi connectivity index (χ1v) is 11.7. The van der Waals surface area contributed by atoms with E-state index in [1.54, 1.807) is 0 Å². The van der Waals surface area contributed by atoms with E-state index in [1.807, 2.05) is 19.1 Å². The van der Waals surface area contributed by atoms with E-state index in [-0.39, 0.29) is 29.2 Å². The highest BCUT2D eigenvalue weighted by molar-refractivity contribution is 8.01. The second-order valence-electron chi connectivity index (χ2n) is 6.20. The minimum absolute atomic E-state index is 0.0339. The number of anilines is 2. The molecule has 1 aromatic heterocycles. The van der Waals surface area contributed by atoms with Gasteiger partial charge in [0.2, 0.25) is 11.0 Å². The maximum absolute atomic E-state index is 12.0. The summed E-state index contributed by atoms with van der Waals surface area (Å²) < 4.78 is 23.5. The first-order chi connectivity index (χ1) is 12.3. The summed E-state index contributed by atoms with van der Waals surface area (Å²) in [5.41, 5.74) is 3.33. The van der Waals surface area contributed by atoms with Crippen LogP contribution < -0.4 is 10.6 Å². The Bertz CT molecular complexity index is 911. The lowest BCUT2D eigenvalue weighted by atomic mass is 10.1. The van der Waals surface area contributed by atoms with Crippen molar-refractivity contribution in [2.45, 2.75) is 30.6 Å². The molecule has 0 aliphatic carbocycles. The van der Waals surface area contributed by atoms with Crippen molar-refractivity contribution >= 4 is 49.7 Å². The molecule has 1 unspecified atom stereocenters. The zero-order valence-electron chi connectivity index (χ0n) is 14.5. The minimum atomic E-state index is -2.99. The average molecular weight is 413 g/mol.